The Bertz CT molecular complexity index is 1390. The molecule has 0 saturated carbocycles. The van der Waals surface area contributed by atoms with E-state index in [2.05, 4.69) is 32.3 Å². The number of carbonyl (C=O) groups excluding carboxylic acids is 1. The number of carbonyl (C=O) groups is 1. The van der Waals surface area contributed by atoms with Crippen LogP contribution >= 0.6 is 0 Å². The number of aromatic nitrogens is 3. The molecule has 1 aliphatic heterocycles. The van der Waals surface area contributed by atoms with Crippen molar-refractivity contribution in [3.63, 3.8) is 0 Å². The van der Waals surface area contributed by atoms with Gasteiger partial charge in [-0.1, -0.05) is 36.8 Å². The van der Waals surface area contributed by atoms with Crippen LogP contribution in [0.4, 0.5) is 24.8 Å². The molecule has 3 N–H and O–H groups in total. The third kappa shape index (κ3) is 5.03. The Morgan fingerprint density at radius 2 is 1.89 bits per heavy atom. The van der Waals surface area contributed by atoms with E-state index in [-0.39, 0.29) is 17.5 Å². The molecule has 4 heterocycles. The average Bonchev–Trinajstić information content (AvgIpc) is 3.26. The van der Waals surface area contributed by atoms with E-state index < -0.39 is 17.6 Å². The molecule has 7 nitrogen and oxygen atoms in total. The molecule has 3 aromatic heterocycles. The summed E-state index contributed by atoms with van der Waals surface area (Å²) in [5.41, 5.74) is 6.93. The van der Waals surface area contributed by atoms with Crippen molar-refractivity contribution in [3.8, 4) is 11.1 Å². The lowest BCUT2D eigenvalue weighted by Crippen LogP contribution is -2.46. The topological polar surface area (TPSA) is 88.5 Å². The lowest BCUT2D eigenvalue weighted by Gasteiger charge is -2.34. The van der Waals surface area contributed by atoms with Gasteiger partial charge in [0.15, 0.2) is 5.82 Å². The molecule has 10 heteroatoms. The molecule has 36 heavy (non-hydrogen) atoms. The van der Waals surface area contributed by atoms with Crippen molar-refractivity contribution in [1.82, 2.24) is 19.3 Å². The Balaban J connectivity index is 1.35. The van der Waals surface area contributed by atoms with E-state index in [1.807, 2.05) is 18.2 Å². The zero-order valence-corrected chi connectivity index (χ0v) is 19.4. The highest BCUT2D eigenvalue weighted by Gasteiger charge is 2.34. The van der Waals surface area contributed by atoms with E-state index in [1.54, 1.807) is 28.9 Å². The minimum absolute atomic E-state index is 0.119. The number of nitrogen functional groups attached to an aromatic ring is 1. The molecule has 5 rings (SSSR count). The van der Waals surface area contributed by atoms with E-state index in [1.165, 1.54) is 6.20 Å². The highest BCUT2D eigenvalue weighted by Crippen LogP contribution is 2.35. The maximum atomic E-state index is 13.2. The lowest BCUT2D eigenvalue weighted by molar-refractivity contribution is -0.137. The Labute approximate surface area is 205 Å². The molecule has 1 fully saturated rings. The number of likely N-dealkylation sites (tertiary alicyclic amines) is 1. The molecule has 1 unspecified atom stereocenters. The number of pyridine rings is 2. The van der Waals surface area contributed by atoms with Gasteiger partial charge >= 0.3 is 6.18 Å². The van der Waals surface area contributed by atoms with Crippen molar-refractivity contribution in [2.45, 2.75) is 38.0 Å². The van der Waals surface area contributed by atoms with Gasteiger partial charge in [0, 0.05) is 30.1 Å². The van der Waals surface area contributed by atoms with Crippen molar-refractivity contribution in [3.05, 3.63) is 78.2 Å². The molecule has 0 aliphatic carbocycles. The van der Waals surface area contributed by atoms with E-state index in [0.717, 1.165) is 37.4 Å². The summed E-state index contributed by atoms with van der Waals surface area (Å²) in [5, 5.41) is 2.92. The quantitative estimate of drug-likeness (QED) is 0.408. The standard InChI is InChI=1S/C26H25F3N6O/c27-26(28,29)20-12-19(13-31-24(20)30)18-9-10-23-32-22(16-35(23)15-18)33-25(36)21-8-4-5-11-34(21)14-17-6-2-1-3-7-17/h1-3,6-7,9-10,12-13,15-16,21H,4-5,8,11,14H2,(H2,30,31)(H,33,36). The van der Waals surface area contributed by atoms with Crippen LogP contribution in [0.3, 0.4) is 0 Å². The van der Waals surface area contributed by atoms with E-state index in [0.29, 0.717) is 23.6 Å². The minimum Gasteiger partial charge on any atom is -0.383 e. The predicted molar refractivity (Wildman–Crippen MR) is 131 cm³/mol. The summed E-state index contributed by atoms with van der Waals surface area (Å²) in [6, 6.07) is 14.1. The highest BCUT2D eigenvalue weighted by molar-refractivity contribution is 5.94. The number of piperidine rings is 1. The first-order valence-electron chi connectivity index (χ1n) is 11.7. The minimum atomic E-state index is -4.60. The first-order chi connectivity index (χ1) is 17.3. The molecular weight excluding hydrogens is 469 g/mol. The molecule has 186 valence electrons. The summed E-state index contributed by atoms with van der Waals surface area (Å²) in [5.74, 6) is -0.301. The van der Waals surface area contributed by atoms with Crippen LogP contribution in [0.15, 0.2) is 67.1 Å². The van der Waals surface area contributed by atoms with Gasteiger partial charge in [0.05, 0.1) is 17.8 Å². The van der Waals surface area contributed by atoms with Crippen molar-refractivity contribution >= 4 is 23.2 Å². The Morgan fingerprint density at radius 3 is 2.67 bits per heavy atom. The van der Waals surface area contributed by atoms with Crippen molar-refractivity contribution in [2.24, 2.45) is 0 Å². The number of nitrogens with zero attached hydrogens (tertiary/aromatic N) is 4. The summed E-state index contributed by atoms with van der Waals surface area (Å²) >= 11 is 0. The number of benzene rings is 1. The fourth-order valence-electron chi connectivity index (χ4n) is 4.59. The molecule has 0 bridgehead atoms. The van der Waals surface area contributed by atoms with Crippen molar-refractivity contribution in [1.29, 1.82) is 0 Å². The van der Waals surface area contributed by atoms with Gasteiger partial charge in [0.2, 0.25) is 5.91 Å². The van der Waals surface area contributed by atoms with Crippen molar-refractivity contribution in [2.75, 3.05) is 17.6 Å². The summed E-state index contributed by atoms with van der Waals surface area (Å²) < 4.78 is 41.4. The van der Waals surface area contributed by atoms with Crippen LogP contribution in [0.1, 0.15) is 30.4 Å². The summed E-state index contributed by atoms with van der Waals surface area (Å²) in [4.78, 5) is 23.5. The lowest BCUT2D eigenvalue weighted by atomic mass is 10.0. The van der Waals surface area contributed by atoms with Gasteiger partial charge in [-0.15, -0.1) is 0 Å². The molecule has 1 aliphatic rings. The second-order valence-corrected chi connectivity index (χ2v) is 8.92. The fourth-order valence-corrected chi connectivity index (χ4v) is 4.59. The molecule has 0 radical (unpaired) electrons. The van der Waals surface area contributed by atoms with Crippen LogP contribution in [0, 0.1) is 0 Å². The molecular formula is C26H25F3N6O. The molecule has 1 amide bonds. The normalized spacial score (nSPS) is 16.8. The van der Waals surface area contributed by atoms with E-state index in [9.17, 15) is 18.0 Å². The number of halogens is 3. The van der Waals surface area contributed by atoms with Crippen LogP contribution in [0.5, 0.6) is 0 Å². The highest BCUT2D eigenvalue weighted by atomic mass is 19.4. The fraction of sp³-hybridized carbons (Fsp3) is 0.269. The number of nitrogens with one attached hydrogen (secondary N) is 1. The molecule has 4 aromatic rings. The van der Waals surface area contributed by atoms with E-state index >= 15 is 0 Å². The number of imidazole rings is 1. The van der Waals surface area contributed by atoms with Crippen LogP contribution in [-0.4, -0.2) is 37.8 Å². The number of alkyl halides is 3. The average molecular weight is 495 g/mol. The van der Waals surface area contributed by atoms with Crippen LogP contribution < -0.4 is 11.1 Å². The maximum absolute atomic E-state index is 13.2. The van der Waals surface area contributed by atoms with Gasteiger partial charge in [-0.3, -0.25) is 9.69 Å². The maximum Gasteiger partial charge on any atom is 0.419 e. The summed E-state index contributed by atoms with van der Waals surface area (Å²) in [6.07, 6.45) is 2.79. The smallest absolute Gasteiger partial charge is 0.383 e. The molecule has 0 spiro atoms. The van der Waals surface area contributed by atoms with Gasteiger partial charge in [-0.25, -0.2) is 9.97 Å². The third-order valence-corrected chi connectivity index (χ3v) is 6.40. The predicted octanol–water partition coefficient (Wildman–Crippen LogP) is 4.99. The van der Waals surface area contributed by atoms with E-state index in [4.69, 9.17) is 5.73 Å². The Morgan fingerprint density at radius 1 is 1.08 bits per heavy atom. The molecule has 1 saturated heterocycles. The number of nitrogens with two attached hydrogens (primary N) is 1. The number of hydrogen-bond donors (Lipinski definition) is 2. The zero-order valence-electron chi connectivity index (χ0n) is 19.4. The number of hydrogen-bond acceptors (Lipinski definition) is 5. The van der Waals surface area contributed by atoms with Gasteiger partial charge in [-0.2, -0.15) is 13.2 Å². The zero-order chi connectivity index (χ0) is 25.3. The number of fused-ring (bicyclic) bond motifs is 1. The first kappa shape index (κ1) is 23.8. The third-order valence-electron chi connectivity index (χ3n) is 6.40. The van der Waals surface area contributed by atoms with Crippen LogP contribution in [-0.2, 0) is 17.5 Å². The van der Waals surface area contributed by atoms with Crippen LogP contribution in [0.25, 0.3) is 16.8 Å². The van der Waals surface area contributed by atoms with Gasteiger partial charge in [-0.05, 0) is 43.1 Å². The largest absolute Gasteiger partial charge is 0.419 e. The van der Waals surface area contributed by atoms with Gasteiger partial charge < -0.3 is 15.5 Å². The second kappa shape index (κ2) is 9.62. The van der Waals surface area contributed by atoms with Gasteiger partial charge in [0.1, 0.15) is 11.5 Å². The second-order valence-electron chi connectivity index (χ2n) is 8.92. The molecule has 1 atom stereocenters. The Hall–Kier alpha value is -3.92. The number of anilines is 2. The molecule has 1 aromatic carbocycles. The summed E-state index contributed by atoms with van der Waals surface area (Å²) in [6.45, 7) is 1.54. The Kier molecular flexibility index (Phi) is 6.36. The number of rotatable bonds is 5. The van der Waals surface area contributed by atoms with Crippen LogP contribution in [0.2, 0.25) is 0 Å². The van der Waals surface area contributed by atoms with Crippen molar-refractivity contribution < 1.29 is 18.0 Å². The monoisotopic (exact) mass is 494 g/mol. The summed E-state index contributed by atoms with van der Waals surface area (Å²) in [7, 11) is 0. The SMILES string of the molecule is Nc1ncc(-c2ccc3nc(NC(=O)C4CCCCN4Cc4ccccc4)cn3c2)cc1C(F)(F)F. The van der Waals surface area contributed by atoms with Gasteiger partial charge in [0.25, 0.3) is 0 Å². The first-order valence-corrected chi connectivity index (χ1v) is 11.7. The number of amides is 1.